The predicted octanol–water partition coefficient (Wildman–Crippen LogP) is 3.53. The minimum atomic E-state index is 0.0440. The largest absolute Gasteiger partial charge is 0.493 e. The molecule has 2 aliphatic heterocycles. The fraction of sp³-hybridized carbons (Fsp3) is 0.478. The fourth-order valence-corrected chi connectivity index (χ4v) is 4.21. The van der Waals surface area contributed by atoms with Crippen molar-refractivity contribution in [2.75, 3.05) is 38.8 Å². The van der Waals surface area contributed by atoms with E-state index in [1.54, 1.807) is 20.4 Å². The first kappa shape index (κ1) is 19.6. The Morgan fingerprint density at radius 1 is 1.03 bits per heavy atom. The van der Waals surface area contributed by atoms with Gasteiger partial charge in [-0.15, -0.1) is 0 Å². The van der Waals surface area contributed by atoms with E-state index in [2.05, 4.69) is 28.9 Å². The summed E-state index contributed by atoms with van der Waals surface area (Å²) in [5.41, 5.74) is 4.08. The molecule has 2 aromatic rings. The molecule has 0 N–H and O–H groups in total. The van der Waals surface area contributed by atoms with Crippen LogP contribution >= 0.6 is 0 Å². The first-order valence-electron chi connectivity index (χ1n) is 10.3. The van der Waals surface area contributed by atoms with Gasteiger partial charge in [0.25, 0.3) is 5.91 Å². The maximum Gasteiger partial charge on any atom is 0.272 e. The van der Waals surface area contributed by atoms with Crippen molar-refractivity contribution in [3.8, 4) is 11.5 Å². The van der Waals surface area contributed by atoms with Crippen molar-refractivity contribution in [2.45, 2.75) is 32.7 Å². The third-order valence-corrected chi connectivity index (χ3v) is 6.12. The number of pyridine rings is 1. The predicted molar refractivity (Wildman–Crippen MR) is 113 cm³/mol. The van der Waals surface area contributed by atoms with Crippen molar-refractivity contribution in [1.29, 1.82) is 0 Å². The summed E-state index contributed by atoms with van der Waals surface area (Å²) in [7, 11) is 3.32. The molecule has 0 unspecified atom stereocenters. The quantitative estimate of drug-likeness (QED) is 0.793. The van der Waals surface area contributed by atoms with Crippen LogP contribution in [0.4, 0.5) is 5.69 Å². The van der Waals surface area contributed by atoms with Crippen LogP contribution in [0, 0.1) is 5.92 Å². The molecule has 0 bridgehead atoms. The zero-order valence-corrected chi connectivity index (χ0v) is 17.5. The second kappa shape index (κ2) is 8.31. The molecule has 6 nitrogen and oxygen atoms in total. The SMILES string of the molecule is COc1cc2c(cc1OC)CN(c1ccnc(C(=O)N3CCC(C)CC3)c1)CC2. The molecule has 6 heteroatoms. The van der Waals surface area contributed by atoms with Crippen LogP contribution in [0.15, 0.2) is 30.5 Å². The van der Waals surface area contributed by atoms with Crippen LogP contribution in [-0.4, -0.2) is 49.6 Å². The van der Waals surface area contributed by atoms with Gasteiger partial charge in [0.2, 0.25) is 0 Å². The average molecular weight is 396 g/mol. The topological polar surface area (TPSA) is 54.9 Å². The Hall–Kier alpha value is -2.76. The van der Waals surface area contributed by atoms with Crippen molar-refractivity contribution < 1.29 is 14.3 Å². The highest BCUT2D eigenvalue weighted by Gasteiger charge is 2.24. The Labute approximate surface area is 172 Å². The van der Waals surface area contributed by atoms with Crippen LogP contribution in [-0.2, 0) is 13.0 Å². The number of piperidine rings is 1. The van der Waals surface area contributed by atoms with E-state index in [-0.39, 0.29) is 5.91 Å². The Morgan fingerprint density at radius 2 is 1.72 bits per heavy atom. The molecule has 3 heterocycles. The van der Waals surface area contributed by atoms with Crippen molar-refractivity contribution in [1.82, 2.24) is 9.88 Å². The Kier molecular flexibility index (Phi) is 5.60. The lowest BCUT2D eigenvalue weighted by Gasteiger charge is -2.32. The molecule has 0 radical (unpaired) electrons. The van der Waals surface area contributed by atoms with Crippen LogP contribution in [0.2, 0.25) is 0 Å². The monoisotopic (exact) mass is 395 g/mol. The van der Waals surface area contributed by atoms with Gasteiger partial charge in [0.15, 0.2) is 11.5 Å². The summed E-state index contributed by atoms with van der Waals surface area (Å²) in [6.07, 6.45) is 4.81. The second-order valence-electron chi connectivity index (χ2n) is 8.02. The molecule has 29 heavy (non-hydrogen) atoms. The fourth-order valence-electron chi connectivity index (χ4n) is 4.21. The van der Waals surface area contributed by atoms with E-state index >= 15 is 0 Å². The lowest BCUT2D eigenvalue weighted by Crippen LogP contribution is -2.38. The summed E-state index contributed by atoms with van der Waals surface area (Å²) >= 11 is 0. The number of ether oxygens (including phenoxy) is 2. The van der Waals surface area contributed by atoms with Crippen molar-refractivity contribution in [2.24, 2.45) is 5.92 Å². The molecule has 1 aromatic carbocycles. The maximum atomic E-state index is 12.9. The first-order chi connectivity index (χ1) is 14.1. The van der Waals surface area contributed by atoms with Gasteiger partial charge in [0.05, 0.1) is 14.2 Å². The molecule has 0 aliphatic carbocycles. The van der Waals surface area contributed by atoms with Gasteiger partial charge in [-0.2, -0.15) is 0 Å². The van der Waals surface area contributed by atoms with Crippen molar-refractivity contribution >= 4 is 11.6 Å². The van der Waals surface area contributed by atoms with Crippen LogP contribution in [0.5, 0.6) is 11.5 Å². The Morgan fingerprint density at radius 3 is 2.41 bits per heavy atom. The third kappa shape index (κ3) is 4.02. The number of methoxy groups -OCH3 is 2. The lowest BCUT2D eigenvalue weighted by molar-refractivity contribution is 0.0691. The first-order valence-corrected chi connectivity index (χ1v) is 10.3. The minimum absolute atomic E-state index is 0.0440. The number of likely N-dealkylation sites (tertiary alicyclic amines) is 1. The molecule has 0 atom stereocenters. The number of carbonyl (C=O) groups is 1. The Balaban J connectivity index is 1.53. The number of hydrogen-bond acceptors (Lipinski definition) is 5. The van der Waals surface area contributed by atoms with Gasteiger partial charge < -0.3 is 19.3 Å². The number of carbonyl (C=O) groups excluding carboxylic acids is 1. The normalized spacial score (nSPS) is 17.1. The number of fused-ring (bicyclic) bond motifs is 1. The summed E-state index contributed by atoms with van der Waals surface area (Å²) in [5, 5.41) is 0. The second-order valence-corrected chi connectivity index (χ2v) is 8.02. The zero-order chi connectivity index (χ0) is 20.4. The summed E-state index contributed by atoms with van der Waals surface area (Å²) in [6, 6.07) is 8.06. The summed E-state index contributed by atoms with van der Waals surface area (Å²) in [4.78, 5) is 21.5. The van der Waals surface area contributed by atoms with Crippen LogP contribution in [0.25, 0.3) is 0 Å². The molecule has 154 valence electrons. The number of anilines is 1. The number of aromatic nitrogens is 1. The minimum Gasteiger partial charge on any atom is -0.493 e. The molecular weight excluding hydrogens is 366 g/mol. The number of amides is 1. The summed E-state index contributed by atoms with van der Waals surface area (Å²) < 4.78 is 10.9. The molecule has 4 rings (SSSR count). The summed E-state index contributed by atoms with van der Waals surface area (Å²) in [6.45, 7) is 5.56. The molecule has 1 saturated heterocycles. The molecule has 1 fully saturated rings. The van der Waals surface area contributed by atoms with Gasteiger partial charge in [0, 0.05) is 38.1 Å². The van der Waals surface area contributed by atoms with Gasteiger partial charge in [-0.25, -0.2) is 0 Å². The van der Waals surface area contributed by atoms with Gasteiger partial charge in [-0.05, 0) is 60.6 Å². The van der Waals surface area contributed by atoms with E-state index in [1.807, 2.05) is 17.0 Å². The third-order valence-electron chi connectivity index (χ3n) is 6.12. The highest BCUT2D eigenvalue weighted by atomic mass is 16.5. The number of hydrogen-bond donors (Lipinski definition) is 0. The number of benzene rings is 1. The zero-order valence-electron chi connectivity index (χ0n) is 17.5. The molecular formula is C23H29N3O3. The number of rotatable bonds is 4. The maximum absolute atomic E-state index is 12.9. The van der Waals surface area contributed by atoms with E-state index < -0.39 is 0 Å². The van der Waals surface area contributed by atoms with Gasteiger partial charge in [0.1, 0.15) is 5.69 Å². The van der Waals surface area contributed by atoms with E-state index in [9.17, 15) is 4.79 Å². The van der Waals surface area contributed by atoms with Crippen LogP contribution < -0.4 is 14.4 Å². The number of nitrogens with zero attached hydrogens (tertiary/aromatic N) is 3. The van der Waals surface area contributed by atoms with Crippen LogP contribution in [0.3, 0.4) is 0 Å². The standard InChI is InChI=1S/C23H29N3O3/c1-16-5-9-25(10-6-16)23(27)20-14-19(4-8-24-20)26-11-7-17-12-21(28-2)22(29-3)13-18(17)15-26/h4,8,12-14,16H,5-7,9-11,15H2,1-3H3. The van der Waals surface area contributed by atoms with Crippen LogP contribution in [0.1, 0.15) is 41.4 Å². The van der Waals surface area contributed by atoms with E-state index in [4.69, 9.17) is 9.47 Å². The van der Waals surface area contributed by atoms with Gasteiger partial charge in [-0.1, -0.05) is 6.92 Å². The summed E-state index contributed by atoms with van der Waals surface area (Å²) in [5.74, 6) is 2.26. The average Bonchev–Trinajstić information content (AvgIpc) is 2.77. The van der Waals surface area contributed by atoms with E-state index in [0.717, 1.165) is 62.6 Å². The van der Waals surface area contributed by atoms with E-state index in [0.29, 0.717) is 11.6 Å². The molecule has 1 amide bonds. The van der Waals surface area contributed by atoms with Gasteiger partial charge in [-0.3, -0.25) is 9.78 Å². The molecule has 2 aliphatic rings. The van der Waals surface area contributed by atoms with Crippen molar-refractivity contribution in [3.63, 3.8) is 0 Å². The smallest absolute Gasteiger partial charge is 0.272 e. The Bertz CT molecular complexity index is 891. The highest BCUT2D eigenvalue weighted by molar-refractivity contribution is 5.93. The molecule has 0 spiro atoms. The molecule has 0 saturated carbocycles. The van der Waals surface area contributed by atoms with E-state index in [1.165, 1.54) is 11.1 Å². The molecule has 1 aromatic heterocycles. The highest BCUT2D eigenvalue weighted by Crippen LogP contribution is 2.34. The lowest BCUT2D eigenvalue weighted by atomic mass is 9.98. The van der Waals surface area contributed by atoms with Gasteiger partial charge >= 0.3 is 0 Å². The van der Waals surface area contributed by atoms with Crippen molar-refractivity contribution in [3.05, 3.63) is 47.3 Å².